The van der Waals surface area contributed by atoms with Gasteiger partial charge in [-0.15, -0.1) is 0 Å². The second-order valence-corrected chi connectivity index (χ2v) is 9.28. The van der Waals surface area contributed by atoms with E-state index in [9.17, 15) is 15.0 Å². The maximum atomic E-state index is 10.6. The van der Waals surface area contributed by atoms with E-state index in [0.29, 0.717) is 18.3 Å². The Labute approximate surface area is 164 Å². The summed E-state index contributed by atoms with van der Waals surface area (Å²) in [6.07, 6.45) is 13.3. The van der Waals surface area contributed by atoms with Gasteiger partial charge in [-0.1, -0.05) is 57.4 Å². The monoisotopic (exact) mass is 378 g/mol. The van der Waals surface area contributed by atoms with E-state index in [2.05, 4.69) is 32.9 Å². The van der Waals surface area contributed by atoms with Gasteiger partial charge in [0.1, 0.15) is 0 Å². The molecule has 0 aromatic carbocycles. The van der Waals surface area contributed by atoms with E-state index in [4.69, 9.17) is 5.11 Å². The molecule has 2 fully saturated rings. The van der Waals surface area contributed by atoms with Crippen LogP contribution in [0.4, 0.5) is 0 Å². The highest BCUT2D eigenvalue weighted by Crippen LogP contribution is 2.50. The molecule has 4 nitrogen and oxygen atoms in total. The third-order valence-corrected chi connectivity index (χ3v) is 6.63. The maximum Gasteiger partial charge on any atom is 0.303 e. The summed E-state index contributed by atoms with van der Waals surface area (Å²) in [5.74, 6) is 0.362. The standard InChI is InChI=1S/C23H38O4/c1-4-5-12-23(2,3)21(25)11-10-18-19-14-16(8-6-7-9-22(26)27)13-17(19)15-20(18)24/h8,10-11,17-21,24-25H,4-7,9,12-15H2,1-3H3,(H,26,27)/t17?,18-,19+,20?,21?/m1/s1. The maximum absolute atomic E-state index is 10.6. The highest BCUT2D eigenvalue weighted by Gasteiger charge is 2.45. The van der Waals surface area contributed by atoms with E-state index in [-0.39, 0.29) is 23.9 Å². The van der Waals surface area contributed by atoms with Crippen LogP contribution in [0, 0.1) is 23.2 Å². The van der Waals surface area contributed by atoms with Crippen molar-refractivity contribution in [2.24, 2.45) is 23.2 Å². The van der Waals surface area contributed by atoms with Crippen LogP contribution < -0.4 is 0 Å². The SMILES string of the molecule is CCCCC(C)(C)C(O)C=C[C@H]1C(O)CC2CC(=CCCCC(=O)O)C[C@@H]21. The van der Waals surface area contributed by atoms with E-state index in [1.54, 1.807) is 0 Å². The fourth-order valence-electron chi connectivity index (χ4n) is 4.77. The van der Waals surface area contributed by atoms with Gasteiger partial charge in [0.2, 0.25) is 0 Å². The average Bonchev–Trinajstić information content (AvgIpc) is 3.11. The third kappa shape index (κ3) is 6.18. The lowest BCUT2D eigenvalue weighted by Gasteiger charge is -2.29. The summed E-state index contributed by atoms with van der Waals surface area (Å²) in [7, 11) is 0. The Balaban J connectivity index is 1.92. The number of carbonyl (C=O) groups is 1. The normalized spacial score (nSPS) is 30.9. The molecule has 2 rings (SSSR count). The molecular formula is C23H38O4. The topological polar surface area (TPSA) is 77.8 Å². The van der Waals surface area contributed by atoms with Crippen LogP contribution in [0.15, 0.2) is 23.8 Å². The van der Waals surface area contributed by atoms with Crippen LogP contribution in [0.25, 0.3) is 0 Å². The van der Waals surface area contributed by atoms with Crippen LogP contribution in [0.3, 0.4) is 0 Å². The van der Waals surface area contributed by atoms with E-state index in [0.717, 1.165) is 44.9 Å². The molecule has 0 bridgehead atoms. The Morgan fingerprint density at radius 1 is 1.30 bits per heavy atom. The van der Waals surface area contributed by atoms with Gasteiger partial charge >= 0.3 is 5.97 Å². The Morgan fingerprint density at radius 2 is 2.04 bits per heavy atom. The van der Waals surface area contributed by atoms with E-state index in [1.807, 2.05) is 6.08 Å². The molecule has 5 atom stereocenters. The molecule has 4 heteroatoms. The summed E-state index contributed by atoms with van der Waals surface area (Å²) in [6.45, 7) is 6.39. The fourth-order valence-corrected chi connectivity index (χ4v) is 4.77. The number of unbranched alkanes of at least 4 members (excludes halogenated alkanes) is 2. The molecule has 3 unspecified atom stereocenters. The fraction of sp³-hybridized carbons (Fsp3) is 0.783. The van der Waals surface area contributed by atoms with Crippen molar-refractivity contribution in [3.8, 4) is 0 Å². The number of carboxylic acid groups (broad SMARTS) is 1. The molecule has 0 aromatic rings. The van der Waals surface area contributed by atoms with E-state index in [1.165, 1.54) is 5.57 Å². The molecule has 154 valence electrons. The van der Waals surface area contributed by atoms with Crippen LogP contribution in [-0.4, -0.2) is 33.5 Å². The Hall–Kier alpha value is -1.13. The van der Waals surface area contributed by atoms with Gasteiger partial charge in [-0.25, -0.2) is 0 Å². The van der Waals surface area contributed by atoms with Crippen molar-refractivity contribution in [3.63, 3.8) is 0 Å². The Bertz CT molecular complexity index is 549. The van der Waals surface area contributed by atoms with Crippen LogP contribution in [0.2, 0.25) is 0 Å². The average molecular weight is 379 g/mol. The summed E-state index contributed by atoms with van der Waals surface area (Å²) in [5, 5.41) is 29.8. The van der Waals surface area contributed by atoms with Crippen molar-refractivity contribution >= 4 is 5.97 Å². The summed E-state index contributed by atoms with van der Waals surface area (Å²) < 4.78 is 0. The molecule has 0 saturated heterocycles. The zero-order valence-corrected chi connectivity index (χ0v) is 17.2. The van der Waals surface area contributed by atoms with Gasteiger partial charge < -0.3 is 15.3 Å². The first-order valence-electron chi connectivity index (χ1n) is 10.7. The molecule has 0 spiro atoms. The molecule has 2 aliphatic rings. The largest absolute Gasteiger partial charge is 0.481 e. The number of aliphatic hydroxyl groups excluding tert-OH is 2. The lowest BCUT2D eigenvalue weighted by Crippen LogP contribution is -2.28. The first-order chi connectivity index (χ1) is 12.7. The van der Waals surface area contributed by atoms with E-state index < -0.39 is 12.1 Å². The van der Waals surface area contributed by atoms with Gasteiger partial charge in [0.05, 0.1) is 12.2 Å². The molecule has 27 heavy (non-hydrogen) atoms. The first kappa shape index (κ1) is 22.2. The van der Waals surface area contributed by atoms with E-state index >= 15 is 0 Å². The lowest BCUT2D eigenvalue weighted by molar-refractivity contribution is -0.137. The van der Waals surface area contributed by atoms with Crippen molar-refractivity contribution < 1.29 is 20.1 Å². The van der Waals surface area contributed by atoms with Gasteiger partial charge in [0.25, 0.3) is 0 Å². The molecule has 0 aliphatic heterocycles. The molecule has 3 N–H and O–H groups in total. The smallest absolute Gasteiger partial charge is 0.303 e. The summed E-state index contributed by atoms with van der Waals surface area (Å²) >= 11 is 0. The summed E-state index contributed by atoms with van der Waals surface area (Å²) in [6, 6.07) is 0. The van der Waals surface area contributed by atoms with Gasteiger partial charge in [-0.3, -0.25) is 4.79 Å². The number of hydrogen-bond acceptors (Lipinski definition) is 3. The Morgan fingerprint density at radius 3 is 2.70 bits per heavy atom. The predicted octanol–water partition coefficient (Wildman–Crippen LogP) is 4.71. The summed E-state index contributed by atoms with van der Waals surface area (Å²) in [4.78, 5) is 10.6. The minimum atomic E-state index is -0.731. The van der Waals surface area contributed by atoms with Crippen LogP contribution in [-0.2, 0) is 4.79 Å². The molecule has 0 aromatic heterocycles. The molecule has 2 aliphatic carbocycles. The van der Waals surface area contributed by atoms with Gasteiger partial charge in [0, 0.05) is 12.3 Å². The quantitative estimate of drug-likeness (QED) is 0.380. The molecule has 0 amide bonds. The lowest BCUT2D eigenvalue weighted by atomic mass is 9.80. The second-order valence-electron chi connectivity index (χ2n) is 9.28. The number of fused-ring (bicyclic) bond motifs is 1. The van der Waals surface area contributed by atoms with Crippen molar-refractivity contribution in [2.45, 2.75) is 90.8 Å². The van der Waals surface area contributed by atoms with Crippen LogP contribution in [0.5, 0.6) is 0 Å². The molecule has 2 saturated carbocycles. The third-order valence-electron chi connectivity index (χ3n) is 6.63. The molecule has 0 heterocycles. The van der Waals surface area contributed by atoms with Crippen molar-refractivity contribution in [1.29, 1.82) is 0 Å². The van der Waals surface area contributed by atoms with Gasteiger partial charge in [-0.05, 0) is 55.8 Å². The number of rotatable bonds is 10. The minimum Gasteiger partial charge on any atom is -0.481 e. The number of allylic oxidation sites excluding steroid dienone is 2. The molecular weight excluding hydrogens is 340 g/mol. The highest BCUT2D eigenvalue weighted by atomic mass is 16.4. The van der Waals surface area contributed by atoms with Gasteiger partial charge in [-0.2, -0.15) is 0 Å². The predicted molar refractivity (Wildman–Crippen MR) is 108 cm³/mol. The number of hydrogen-bond donors (Lipinski definition) is 3. The zero-order chi connectivity index (χ0) is 20.0. The zero-order valence-electron chi connectivity index (χ0n) is 17.2. The highest BCUT2D eigenvalue weighted by molar-refractivity contribution is 5.66. The van der Waals surface area contributed by atoms with Crippen LogP contribution >= 0.6 is 0 Å². The second kappa shape index (κ2) is 9.88. The summed E-state index contributed by atoms with van der Waals surface area (Å²) in [5.41, 5.74) is 1.28. The van der Waals surface area contributed by atoms with Crippen molar-refractivity contribution in [1.82, 2.24) is 0 Å². The van der Waals surface area contributed by atoms with Crippen LogP contribution in [0.1, 0.15) is 78.6 Å². The number of aliphatic hydroxyl groups is 2. The van der Waals surface area contributed by atoms with Crippen molar-refractivity contribution in [3.05, 3.63) is 23.8 Å². The number of aliphatic carboxylic acids is 1. The minimum absolute atomic E-state index is 0.122. The number of carboxylic acids is 1. The van der Waals surface area contributed by atoms with Gasteiger partial charge in [0.15, 0.2) is 0 Å². The van der Waals surface area contributed by atoms with Crippen molar-refractivity contribution in [2.75, 3.05) is 0 Å². The molecule has 0 radical (unpaired) electrons. The Kier molecular flexibility index (Phi) is 8.11. The first-order valence-corrected chi connectivity index (χ1v) is 10.7.